The highest BCUT2D eigenvalue weighted by Gasteiger charge is 2.30. The molecule has 7 heteroatoms. The molecule has 1 atom stereocenters. The summed E-state index contributed by atoms with van der Waals surface area (Å²) in [5.74, 6) is 6.44. The number of halogens is 3. The molecule has 0 radical (unpaired) electrons. The molecule has 0 bridgehead atoms. The smallest absolute Gasteiger partial charge is 0.345 e. The van der Waals surface area contributed by atoms with Crippen molar-refractivity contribution in [2.75, 3.05) is 39.8 Å². The molecule has 1 aromatic rings. The lowest BCUT2D eigenvalue weighted by Gasteiger charge is -2.27. The molecule has 4 nitrogen and oxygen atoms in total. The van der Waals surface area contributed by atoms with Gasteiger partial charge in [-0.15, -0.1) is 0 Å². The number of rotatable bonds is 4. The molecule has 2 rings (SSSR count). The second kappa shape index (κ2) is 9.65. The Hall–Kier alpha value is -2.20. The van der Waals surface area contributed by atoms with E-state index in [2.05, 4.69) is 45.8 Å². The molecular formula is C20H27F3N4. The molecule has 1 aliphatic rings. The summed E-state index contributed by atoms with van der Waals surface area (Å²) in [5.41, 5.74) is -0.332. The van der Waals surface area contributed by atoms with Crippen LogP contribution >= 0.6 is 0 Å². The predicted octanol–water partition coefficient (Wildman–Crippen LogP) is 3.05. The number of aliphatic imine (C=N–C) groups is 1. The number of likely N-dealkylation sites (N-methyl/N-ethyl adjacent to an activating group) is 1. The third-order valence-electron chi connectivity index (χ3n) is 4.76. The van der Waals surface area contributed by atoms with Crippen LogP contribution in [0.3, 0.4) is 0 Å². The quantitative estimate of drug-likeness (QED) is 0.495. The number of likely N-dealkylation sites (tertiary alicyclic amines) is 1. The molecular weight excluding hydrogens is 353 g/mol. The Labute approximate surface area is 159 Å². The lowest BCUT2D eigenvalue weighted by molar-refractivity contribution is -0.137. The molecule has 0 aromatic heterocycles. The summed E-state index contributed by atoms with van der Waals surface area (Å²) >= 11 is 0. The van der Waals surface area contributed by atoms with Crippen molar-refractivity contribution in [2.24, 2.45) is 4.99 Å². The van der Waals surface area contributed by atoms with Crippen molar-refractivity contribution < 1.29 is 13.2 Å². The van der Waals surface area contributed by atoms with E-state index in [0.717, 1.165) is 50.7 Å². The molecule has 0 spiro atoms. The zero-order valence-corrected chi connectivity index (χ0v) is 16.1. The van der Waals surface area contributed by atoms with Crippen LogP contribution in [0.15, 0.2) is 29.3 Å². The average molecular weight is 380 g/mol. The van der Waals surface area contributed by atoms with Crippen molar-refractivity contribution in [3.8, 4) is 11.8 Å². The van der Waals surface area contributed by atoms with Crippen LogP contribution in [0, 0.1) is 11.8 Å². The number of alkyl halides is 3. The minimum atomic E-state index is -4.35. The van der Waals surface area contributed by atoms with Gasteiger partial charge in [-0.3, -0.25) is 9.89 Å². The SMILES string of the molecule is CCN(CC)C1CCN(C(=NC)NCC#Cc2cccc(C(F)(F)F)c2)C1. The van der Waals surface area contributed by atoms with E-state index in [-0.39, 0.29) is 0 Å². The highest BCUT2D eigenvalue weighted by molar-refractivity contribution is 5.80. The van der Waals surface area contributed by atoms with Crippen molar-refractivity contribution in [3.05, 3.63) is 35.4 Å². The van der Waals surface area contributed by atoms with Gasteiger partial charge in [-0.25, -0.2) is 0 Å². The number of nitrogens with one attached hydrogen (secondary N) is 1. The molecule has 1 saturated heterocycles. The first-order valence-electron chi connectivity index (χ1n) is 9.24. The van der Waals surface area contributed by atoms with Gasteiger partial charge in [0.1, 0.15) is 0 Å². The first-order valence-corrected chi connectivity index (χ1v) is 9.24. The van der Waals surface area contributed by atoms with Gasteiger partial charge in [0, 0.05) is 31.7 Å². The van der Waals surface area contributed by atoms with Crippen molar-refractivity contribution >= 4 is 5.96 Å². The third-order valence-corrected chi connectivity index (χ3v) is 4.76. The summed E-state index contributed by atoms with van der Waals surface area (Å²) in [6.07, 6.45) is -3.26. The average Bonchev–Trinajstić information content (AvgIpc) is 3.12. The van der Waals surface area contributed by atoms with Crippen molar-refractivity contribution in [1.29, 1.82) is 0 Å². The summed E-state index contributed by atoms with van der Waals surface area (Å²) in [7, 11) is 1.73. The Bertz CT molecular complexity index is 699. The number of benzene rings is 1. The van der Waals surface area contributed by atoms with E-state index >= 15 is 0 Å². The second-order valence-electron chi connectivity index (χ2n) is 6.39. The lowest BCUT2D eigenvalue weighted by Crippen LogP contribution is -2.43. The number of guanidine groups is 1. The van der Waals surface area contributed by atoms with Crippen LogP contribution in [-0.2, 0) is 6.18 Å². The Kier molecular flexibility index (Phi) is 7.55. The number of nitrogens with zero attached hydrogens (tertiary/aromatic N) is 3. The number of hydrogen-bond acceptors (Lipinski definition) is 2. The van der Waals surface area contributed by atoms with Crippen LogP contribution in [0.1, 0.15) is 31.4 Å². The first kappa shape index (κ1) is 21.1. The van der Waals surface area contributed by atoms with Gasteiger partial charge in [0.05, 0.1) is 12.1 Å². The molecule has 0 amide bonds. The summed E-state index contributed by atoms with van der Waals surface area (Å²) < 4.78 is 38.2. The summed E-state index contributed by atoms with van der Waals surface area (Å²) in [6, 6.07) is 5.58. The fourth-order valence-electron chi connectivity index (χ4n) is 3.35. The monoisotopic (exact) mass is 380 g/mol. The lowest BCUT2D eigenvalue weighted by atomic mass is 10.1. The Morgan fingerprint density at radius 1 is 1.33 bits per heavy atom. The second-order valence-corrected chi connectivity index (χ2v) is 6.39. The minimum Gasteiger partial charge on any atom is -0.345 e. The maximum atomic E-state index is 12.7. The van der Waals surface area contributed by atoms with E-state index in [4.69, 9.17) is 0 Å². The standard InChI is InChI=1S/C20H27F3N4/c1-4-26(5-2)18-11-13-27(15-18)19(24-3)25-12-7-9-16-8-6-10-17(14-16)20(21,22)23/h6,8,10,14,18H,4-5,11-13,15H2,1-3H3,(H,24,25). The van der Waals surface area contributed by atoms with Crippen LogP contribution in [-0.4, -0.2) is 61.6 Å². The fraction of sp³-hybridized carbons (Fsp3) is 0.550. The minimum absolute atomic E-state index is 0.329. The van der Waals surface area contributed by atoms with Crippen LogP contribution < -0.4 is 5.32 Å². The molecule has 148 valence electrons. The van der Waals surface area contributed by atoms with Crippen LogP contribution in [0.5, 0.6) is 0 Å². The molecule has 0 aliphatic carbocycles. The topological polar surface area (TPSA) is 30.9 Å². The molecule has 1 aromatic carbocycles. The zero-order valence-electron chi connectivity index (χ0n) is 16.1. The van der Waals surface area contributed by atoms with Crippen molar-refractivity contribution in [1.82, 2.24) is 15.1 Å². The Morgan fingerprint density at radius 2 is 2.07 bits per heavy atom. The molecule has 1 unspecified atom stereocenters. The van der Waals surface area contributed by atoms with Crippen LogP contribution in [0.2, 0.25) is 0 Å². The highest BCUT2D eigenvalue weighted by Crippen LogP contribution is 2.29. The van der Waals surface area contributed by atoms with E-state index in [1.807, 2.05) is 0 Å². The van der Waals surface area contributed by atoms with Gasteiger partial charge in [0.15, 0.2) is 5.96 Å². The van der Waals surface area contributed by atoms with Crippen LogP contribution in [0.25, 0.3) is 0 Å². The largest absolute Gasteiger partial charge is 0.416 e. The Morgan fingerprint density at radius 3 is 2.70 bits per heavy atom. The predicted molar refractivity (Wildman–Crippen MR) is 103 cm³/mol. The van der Waals surface area contributed by atoms with Gasteiger partial charge in [0.25, 0.3) is 0 Å². The first-order chi connectivity index (χ1) is 12.9. The third kappa shape index (κ3) is 5.90. The van der Waals surface area contributed by atoms with Crippen molar-refractivity contribution in [2.45, 2.75) is 32.5 Å². The van der Waals surface area contributed by atoms with E-state index in [0.29, 0.717) is 18.2 Å². The number of hydrogen-bond donors (Lipinski definition) is 1. The van der Waals surface area contributed by atoms with E-state index < -0.39 is 11.7 Å². The summed E-state index contributed by atoms with van der Waals surface area (Å²) in [6.45, 7) is 8.58. The van der Waals surface area contributed by atoms with Crippen molar-refractivity contribution in [3.63, 3.8) is 0 Å². The zero-order chi connectivity index (χ0) is 19.9. The van der Waals surface area contributed by atoms with E-state index in [1.165, 1.54) is 6.07 Å². The maximum Gasteiger partial charge on any atom is 0.416 e. The molecule has 1 heterocycles. The highest BCUT2D eigenvalue weighted by atomic mass is 19.4. The summed E-state index contributed by atoms with van der Waals surface area (Å²) in [5, 5.41) is 3.18. The fourth-order valence-corrected chi connectivity index (χ4v) is 3.35. The molecule has 1 fully saturated rings. The molecule has 1 N–H and O–H groups in total. The van der Waals surface area contributed by atoms with Crippen LogP contribution in [0.4, 0.5) is 13.2 Å². The van der Waals surface area contributed by atoms with Gasteiger partial charge in [0.2, 0.25) is 0 Å². The van der Waals surface area contributed by atoms with Gasteiger partial charge >= 0.3 is 6.18 Å². The van der Waals surface area contributed by atoms with Gasteiger partial charge in [-0.2, -0.15) is 13.2 Å². The maximum absolute atomic E-state index is 12.7. The normalized spacial score (nSPS) is 17.8. The molecule has 27 heavy (non-hydrogen) atoms. The van der Waals surface area contributed by atoms with Gasteiger partial charge in [-0.05, 0) is 37.7 Å². The molecule has 1 aliphatic heterocycles. The van der Waals surface area contributed by atoms with E-state index in [9.17, 15) is 13.2 Å². The Balaban J connectivity index is 1.91. The van der Waals surface area contributed by atoms with E-state index in [1.54, 1.807) is 13.1 Å². The molecule has 0 saturated carbocycles. The van der Waals surface area contributed by atoms with Gasteiger partial charge in [-0.1, -0.05) is 31.8 Å². The van der Waals surface area contributed by atoms with Gasteiger partial charge < -0.3 is 10.2 Å². The summed E-state index contributed by atoms with van der Waals surface area (Å²) in [4.78, 5) is 8.95.